The van der Waals surface area contributed by atoms with Crippen LogP contribution in [-0.4, -0.2) is 45.8 Å². The first kappa shape index (κ1) is 15.5. The summed E-state index contributed by atoms with van der Waals surface area (Å²) in [6.45, 7) is 3.44. The van der Waals surface area contributed by atoms with Crippen LogP contribution < -0.4 is 5.32 Å². The van der Waals surface area contributed by atoms with E-state index in [1.165, 1.54) is 0 Å². The number of aryl methyl sites for hydroxylation is 1. The largest absolute Gasteiger partial charge is 0.351 e. The standard InChI is InChI=1S/C17H22N4O2/c1-2-9-21-11-12(10-17(21)23)18-16(22)8-7-15-19-13-5-3-4-6-14(13)20-15/h3-6,12H,2,7-11H2,1H3,(H,18,22)(H,19,20). The van der Waals surface area contributed by atoms with Gasteiger partial charge < -0.3 is 15.2 Å². The minimum Gasteiger partial charge on any atom is -0.351 e. The van der Waals surface area contributed by atoms with Crippen LogP contribution in [0.2, 0.25) is 0 Å². The molecule has 1 unspecified atom stereocenters. The highest BCUT2D eigenvalue weighted by molar-refractivity contribution is 5.82. The Morgan fingerprint density at radius 1 is 1.43 bits per heavy atom. The number of carbonyl (C=O) groups is 2. The highest BCUT2D eigenvalue weighted by atomic mass is 16.2. The zero-order valence-corrected chi connectivity index (χ0v) is 13.3. The number of aromatic amines is 1. The molecule has 0 aliphatic carbocycles. The first-order valence-electron chi connectivity index (χ1n) is 8.16. The van der Waals surface area contributed by atoms with Gasteiger partial charge in [-0.05, 0) is 18.6 Å². The molecule has 2 N–H and O–H groups in total. The van der Waals surface area contributed by atoms with Gasteiger partial charge in [-0.25, -0.2) is 4.98 Å². The number of benzene rings is 1. The van der Waals surface area contributed by atoms with Crippen LogP contribution in [0.15, 0.2) is 24.3 Å². The first-order chi connectivity index (χ1) is 11.2. The van der Waals surface area contributed by atoms with E-state index < -0.39 is 0 Å². The van der Waals surface area contributed by atoms with Gasteiger partial charge in [0.1, 0.15) is 5.82 Å². The molecule has 6 heteroatoms. The summed E-state index contributed by atoms with van der Waals surface area (Å²) in [5, 5.41) is 2.96. The molecule has 0 spiro atoms. The average molecular weight is 314 g/mol. The number of rotatable bonds is 6. The summed E-state index contributed by atoms with van der Waals surface area (Å²) < 4.78 is 0. The number of nitrogens with one attached hydrogen (secondary N) is 2. The van der Waals surface area contributed by atoms with Crippen LogP contribution in [-0.2, 0) is 16.0 Å². The fourth-order valence-corrected chi connectivity index (χ4v) is 3.01. The number of imidazole rings is 1. The van der Waals surface area contributed by atoms with Gasteiger partial charge in [-0.15, -0.1) is 0 Å². The Bertz CT molecular complexity index is 676. The zero-order valence-electron chi connectivity index (χ0n) is 13.3. The lowest BCUT2D eigenvalue weighted by Gasteiger charge is -2.15. The molecule has 1 aromatic heterocycles. The monoisotopic (exact) mass is 314 g/mol. The second kappa shape index (κ2) is 6.81. The third-order valence-electron chi connectivity index (χ3n) is 4.10. The predicted molar refractivity (Wildman–Crippen MR) is 87.8 cm³/mol. The van der Waals surface area contributed by atoms with Crippen molar-refractivity contribution in [1.29, 1.82) is 0 Å². The first-order valence-corrected chi connectivity index (χ1v) is 8.16. The van der Waals surface area contributed by atoms with Gasteiger partial charge in [-0.3, -0.25) is 9.59 Å². The minimum absolute atomic E-state index is 0.0263. The van der Waals surface area contributed by atoms with Crippen molar-refractivity contribution in [3.63, 3.8) is 0 Å². The highest BCUT2D eigenvalue weighted by Crippen LogP contribution is 2.13. The van der Waals surface area contributed by atoms with Crippen LogP contribution in [0.1, 0.15) is 32.0 Å². The maximum Gasteiger partial charge on any atom is 0.224 e. The molecule has 6 nitrogen and oxygen atoms in total. The Balaban J connectivity index is 1.49. The molecular weight excluding hydrogens is 292 g/mol. The maximum absolute atomic E-state index is 12.1. The summed E-state index contributed by atoms with van der Waals surface area (Å²) in [6.07, 6.45) is 2.30. The van der Waals surface area contributed by atoms with Gasteiger partial charge in [0.05, 0.1) is 17.1 Å². The molecule has 0 bridgehead atoms. The Labute approximate surface area is 135 Å². The van der Waals surface area contributed by atoms with E-state index in [9.17, 15) is 9.59 Å². The number of H-pyrrole nitrogens is 1. The predicted octanol–water partition coefficient (Wildman–Crippen LogP) is 1.62. The molecule has 1 atom stereocenters. The Kier molecular flexibility index (Phi) is 4.60. The van der Waals surface area contributed by atoms with E-state index in [-0.39, 0.29) is 17.9 Å². The third-order valence-corrected chi connectivity index (χ3v) is 4.10. The highest BCUT2D eigenvalue weighted by Gasteiger charge is 2.29. The number of nitrogens with zero attached hydrogens (tertiary/aromatic N) is 2. The number of hydrogen-bond acceptors (Lipinski definition) is 3. The average Bonchev–Trinajstić information content (AvgIpc) is 3.09. The Morgan fingerprint density at radius 2 is 2.26 bits per heavy atom. The van der Waals surface area contributed by atoms with Crippen molar-refractivity contribution in [1.82, 2.24) is 20.2 Å². The van der Waals surface area contributed by atoms with Gasteiger partial charge in [0, 0.05) is 32.4 Å². The molecule has 2 amide bonds. The van der Waals surface area contributed by atoms with Crippen LogP contribution in [0.25, 0.3) is 11.0 Å². The van der Waals surface area contributed by atoms with Gasteiger partial charge in [-0.1, -0.05) is 19.1 Å². The van der Waals surface area contributed by atoms with Gasteiger partial charge in [0.2, 0.25) is 11.8 Å². The summed E-state index contributed by atoms with van der Waals surface area (Å²) in [6, 6.07) is 7.76. The van der Waals surface area contributed by atoms with Crippen LogP contribution in [0, 0.1) is 0 Å². The van der Waals surface area contributed by atoms with Gasteiger partial charge in [-0.2, -0.15) is 0 Å². The second-order valence-electron chi connectivity index (χ2n) is 6.01. The molecule has 1 fully saturated rings. The van der Waals surface area contributed by atoms with E-state index in [2.05, 4.69) is 15.3 Å². The number of fused-ring (bicyclic) bond motifs is 1. The Morgan fingerprint density at radius 3 is 3.04 bits per heavy atom. The minimum atomic E-state index is -0.0581. The van der Waals surface area contributed by atoms with Crippen molar-refractivity contribution in [2.75, 3.05) is 13.1 Å². The Hall–Kier alpha value is -2.37. The summed E-state index contributed by atoms with van der Waals surface area (Å²) in [5.41, 5.74) is 1.90. The van der Waals surface area contributed by atoms with Crippen molar-refractivity contribution < 1.29 is 9.59 Å². The van der Waals surface area contributed by atoms with E-state index in [4.69, 9.17) is 0 Å². The van der Waals surface area contributed by atoms with Gasteiger partial charge in [0.15, 0.2) is 0 Å². The molecule has 2 heterocycles. The van der Waals surface area contributed by atoms with Crippen molar-refractivity contribution in [3.8, 4) is 0 Å². The number of aromatic nitrogens is 2. The van der Waals surface area contributed by atoms with Crippen LogP contribution in [0.3, 0.4) is 0 Å². The molecule has 3 rings (SSSR count). The summed E-state index contributed by atoms with van der Waals surface area (Å²) in [5.74, 6) is 0.924. The molecule has 1 saturated heterocycles. The topological polar surface area (TPSA) is 78.1 Å². The molecular formula is C17H22N4O2. The lowest BCUT2D eigenvalue weighted by atomic mass is 10.2. The maximum atomic E-state index is 12.1. The van der Waals surface area contributed by atoms with Crippen molar-refractivity contribution in [2.45, 2.75) is 38.6 Å². The number of carbonyl (C=O) groups excluding carboxylic acids is 2. The van der Waals surface area contributed by atoms with Crippen LogP contribution in [0.5, 0.6) is 0 Å². The molecule has 0 saturated carbocycles. The summed E-state index contributed by atoms with van der Waals surface area (Å²) >= 11 is 0. The molecule has 1 aliphatic rings. The van der Waals surface area contributed by atoms with Crippen molar-refractivity contribution in [3.05, 3.63) is 30.1 Å². The molecule has 1 aliphatic heterocycles. The third kappa shape index (κ3) is 3.70. The second-order valence-corrected chi connectivity index (χ2v) is 6.01. The van der Waals surface area contributed by atoms with E-state index in [1.54, 1.807) is 0 Å². The number of likely N-dealkylation sites (tertiary alicyclic amines) is 1. The smallest absolute Gasteiger partial charge is 0.224 e. The lowest BCUT2D eigenvalue weighted by Crippen LogP contribution is -2.37. The number of amides is 2. The fraction of sp³-hybridized carbons (Fsp3) is 0.471. The summed E-state index contributed by atoms with van der Waals surface area (Å²) in [7, 11) is 0. The normalized spacial score (nSPS) is 17.9. The van der Waals surface area contributed by atoms with E-state index in [0.717, 1.165) is 29.8 Å². The molecule has 122 valence electrons. The van der Waals surface area contributed by atoms with Crippen molar-refractivity contribution >= 4 is 22.8 Å². The van der Waals surface area contributed by atoms with E-state index in [1.807, 2.05) is 36.1 Å². The van der Waals surface area contributed by atoms with Crippen molar-refractivity contribution in [2.24, 2.45) is 0 Å². The van der Waals surface area contributed by atoms with E-state index in [0.29, 0.717) is 25.8 Å². The number of para-hydroxylation sites is 2. The summed E-state index contributed by atoms with van der Waals surface area (Å²) in [4.78, 5) is 33.4. The molecule has 0 radical (unpaired) electrons. The van der Waals surface area contributed by atoms with Gasteiger partial charge in [0.25, 0.3) is 0 Å². The molecule has 23 heavy (non-hydrogen) atoms. The van der Waals surface area contributed by atoms with E-state index >= 15 is 0 Å². The quantitative estimate of drug-likeness (QED) is 0.850. The zero-order chi connectivity index (χ0) is 16.2. The SMILES string of the molecule is CCCN1CC(NC(=O)CCc2nc3ccccc3[nH]2)CC1=O. The van der Waals surface area contributed by atoms with Gasteiger partial charge >= 0.3 is 0 Å². The van der Waals surface area contributed by atoms with Crippen LogP contribution in [0.4, 0.5) is 0 Å². The fourth-order valence-electron chi connectivity index (χ4n) is 3.01. The van der Waals surface area contributed by atoms with Crippen LogP contribution >= 0.6 is 0 Å². The molecule has 2 aromatic rings. The lowest BCUT2D eigenvalue weighted by molar-refractivity contribution is -0.127. The number of hydrogen-bond donors (Lipinski definition) is 2. The molecule has 1 aromatic carbocycles.